The molecule has 2 aromatic rings. The molecule has 0 aromatic carbocycles. The average molecular weight is 279 g/mol. The zero-order chi connectivity index (χ0) is 13.6. The predicted octanol–water partition coefficient (Wildman–Crippen LogP) is 2.23. The first-order valence-corrected chi connectivity index (χ1v) is 7.38. The van der Waals surface area contributed by atoms with Crippen LogP contribution < -0.4 is 0 Å². The molecule has 0 spiro atoms. The Morgan fingerprint density at radius 1 is 1.47 bits per heavy atom. The summed E-state index contributed by atoms with van der Waals surface area (Å²) < 4.78 is 4.90. The highest BCUT2D eigenvalue weighted by Crippen LogP contribution is 2.26. The van der Waals surface area contributed by atoms with Gasteiger partial charge in [-0.15, -0.1) is 0 Å². The molecule has 19 heavy (non-hydrogen) atoms. The number of H-pyrrole nitrogens is 1. The first-order valence-electron chi connectivity index (χ1n) is 6.98. The Kier molecular flexibility index (Phi) is 3.22. The summed E-state index contributed by atoms with van der Waals surface area (Å²) in [5.41, 5.74) is 3.19. The van der Waals surface area contributed by atoms with E-state index < -0.39 is 0 Å². The first kappa shape index (κ1) is 12.9. The first-order chi connectivity index (χ1) is 9.11. The molecule has 0 radical (unpaired) electrons. The number of likely N-dealkylation sites (N-methyl/N-ethyl adjacent to an activating group) is 1. The van der Waals surface area contributed by atoms with Gasteiger partial charge in [-0.05, 0) is 38.5 Å². The van der Waals surface area contributed by atoms with Crippen molar-refractivity contribution in [3.63, 3.8) is 0 Å². The molecule has 3 rings (SSSR count). The number of rotatable bonds is 5. The monoisotopic (exact) mass is 279 g/mol. The highest BCUT2D eigenvalue weighted by molar-refractivity contribution is 7.71. The van der Waals surface area contributed by atoms with Gasteiger partial charge in [-0.25, -0.2) is 0 Å². The number of aryl methyl sites for hydroxylation is 2. The molecule has 1 aliphatic carbocycles. The van der Waals surface area contributed by atoms with E-state index in [-0.39, 0.29) is 0 Å². The molecular weight excluding hydrogens is 258 g/mol. The molecule has 0 aliphatic heterocycles. The van der Waals surface area contributed by atoms with E-state index in [4.69, 9.17) is 12.2 Å². The maximum absolute atomic E-state index is 5.44. The van der Waals surface area contributed by atoms with Crippen molar-refractivity contribution in [3.05, 3.63) is 10.5 Å². The Labute approximate surface area is 118 Å². The number of hydrogen-bond donors (Lipinski definition) is 1. The van der Waals surface area contributed by atoms with E-state index in [2.05, 4.69) is 26.5 Å². The molecule has 1 fully saturated rings. The van der Waals surface area contributed by atoms with E-state index in [1.807, 2.05) is 18.7 Å². The minimum atomic E-state index is 0.804. The van der Waals surface area contributed by atoms with Crippen LogP contribution in [0, 0.1) is 11.7 Å². The lowest BCUT2D eigenvalue weighted by molar-refractivity contribution is 0.266. The normalized spacial score (nSPS) is 15.8. The Morgan fingerprint density at radius 3 is 2.84 bits per heavy atom. The lowest BCUT2D eigenvalue weighted by Crippen LogP contribution is -2.29. The van der Waals surface area contributed by atoms with Gasteiger partial charge in [-0.2, -0.15) is 5.10 Å². The quantitative estimate of drug-likeness (QED) is 0.853. The molecule has 0 atom stereocenters. The van der Waals surface area contributed by atoms with Gasteiger partial charge < -0.3 is 9.55 Å². The number of aromatic amines is 1. The van der Waals surface area contributed by atoms with Gasteiger partial charge in [-0.3, -0.25) is 9.58 Å². The summed E-state index contributed by atoms with van der Waals surface area (Å²) in [4.78, 5) is 5.82. The van der Waals surface area contributed by atoms with E-state index in [9.17, 15) is 0 Å². The Bertz CT molecular complexity index is 646. The molecule has 0 saturated heterocycles. The zero-order valence-electron chi connectivity index (χ0n) is 11.8. The van der Waals surface area contributed by atoms with Crippen molar-refractivity contribution in [1.29, 1.82) is 0 Å². The van der Waals surface area contributed by atoms with Crippen LogP contribution >= 0.6 is 12.2 Å². The Hall–Kier alpha value is -1.14. The van der Waals surface area contributed by atoms with Crippen LogP contribution in [0.15, 0.2) is 0 Å². The fraction of sp³-hybridized carbons (Fsp3) is 0.692. The number of nitrogens with zero attached hydrogens (tertiary/aromatic N) is 4. The third-order valence-electron chi connectivity index (χ3n) is 4.00. The predicted molar refractivity (Wildman–Crippen MR) is 78.9 cm³/mol. The average Bonchev–Trinajstić information content (AvgIpc) is 3.09. The molecule has 1 N–H and O–H groups in total. The van der Waals surface area contributed by atoms with Crippen LogP contribution in [0.1, 0.15) is 25.5 Å². The summed E-state index contributed by atoms with van der Waals surface area (Å²) in [7, 11) is 1.98. The second-order valence-electron chi connectivity index (χ2n) is 5.35. The maximum Gasteiger partial charge on any atom is 0.179 e. The summed E-state index contributed by atoms with van der Waals surface area (Å²) in [5, 5.41) is 4.45. The van der Waals surface area contributed by atoms with Crippen molar-refractivity contribution in [1.82, 2.24) is 24.2 Å². The summed E-state index contributed by atoms with van der Waals surface area (Å²) in [6, 6.07) is 0.807. The number of imidazole rings is 1. The van der Waals surface area contributed by atoms with Crippen LogP contribution in [-0.2, 0) is 13.6 Å². The smallest absolute Gasteiger partial charge is 0.179 e. The van der Waals surface area contributed by atoms with Gasteiger partial charge in [-0.1, -0.05) is 6.92 Å². The molecule has 1 saturated carbocycles. The molecule has 1 aliphatic rings. The molecule has 6 heteroatoms. The summed E-state index contributed by atoms with van der Waals surface area (Å²) >= 11 is 5.44. The number of aromatic nitrogens is 4. The second kappa shape index (κ2) is 4.76. The van der Waals surface area contributed by atoms with Crippen LogP contribution in [0.3, 0.4) is 0 Å². The van der Waals surface area contributed by atoms with Crippen molar-refractivity contribution >= 4 is 23.4 Å². The molecule has 104 valence electrons. The zero-order valence-corrected chi connectivity index (χ0v) is 12.6. The second-order valence-corrected chi connectivity index (χ2v) is 5.74. The molecule has 0 unspecified atom stereocenters. The fourth-order valence-electron chi connectivity index (χ4n) is 2.85. The van der Waals surface area contributed by atoms with E-state index in [1.54, 1.807) is 0 Å². The van der Waals surface area contributed by atoms with E-state index in [0.717, 1.165) is 47.3 Å². The number of fused-ring (bicyclic) bond motifs is 1. The van der Waals surface area contributed by atoms with Crippen molar-refractivity contribution in [2.24, 2.45) is 7.05 Å². The summed E-state index contributed by atoms with van der Waals surface area (Å²) in [5.74, 6) is 0. The van der Waals surface area contributed by atoms with Gasteiger partial charge in [0.25, 0.3) is 0 Å². The third-order valence-corrected chi connectivity index (χ3v) is 4.33. The summed E-state index contributed by atoms with van der Waals surface area (Å²) in [6.45, 7) is 7.36. The van der Waals surface area contributed by atoms with Crippen LogP contribution in [0.5, 0.6) is 0 Å². The lowest BCUT2D eigenvalue weighted by atomic mass is 10.4. The van der Waals surface area contributed by atoms with Crippen molar-refractivity contribution in [2.45, 2.75) is 39.3 Å². The van der Waals surface area contributed by atoms with E-state index >= 15 is 0 Å². The van der Waals surface area contributed by atoms with E-state index in [1.165, 1.54) is 12.8 Å². The fourth-order valence-corrected chi connectivity index (χ4v) is 3.13. The standard InChI is InChI=1S/C13H21N5S/c1-4-17(10-5-6-10)7-8-18-12-11(14-13(18)19)9(2)15-16(12)3/h10H,4-8H2,1-3H3,(H,14,19). The lowest BCUT2D eigenvalue weighted by Gasteiger charge is -2.19. The SMILES string of the molecule is CCN(CCn1c(=S)[nH]c2c(C)nn(C)c21)C1CC1. The van der Waals surface area contributed by atoms with Gasteiger partial charge in [0.05, 0.1) is 5.69 Å². The van der Waals surface area contributed by atoms with Gasteiger partial charge in [0.2, 0.25) is 0 Å². The van der Waals surface area contributed by atoms with Crippen LogP contribution in [0.25, 0.3) is 11.2 Å². The molecule has 0 amide bonds. The van der Waals surface area contributed by atoms with Gasteiger partial charge in [0.15, 0.2) is 10.4 Å². The van der Waals surface area contributed by atoms with Crippen LogP contribution in [0.4, 0.5) is 0 Å². The minimum Gasteiger partial charge on any atom is -0.328 e. The van der Waals surface area contributed by atoms with Crippen molar-refractivity contribution < 1.29 is 0 Å². The third kappa shape index (κ3) is 2.23. The highest BCUT2D eigenvalue weighted by atomic mass is 32.1. The molecule has 5 nitrogen and oxygen atoms in total. The van der Waals surface area contributed by atoms with Crippen molar-refractivity contribution in [2.75, 3.05) is 13.1 Å². The molecular formula is C13H21N5S. The largest absolute Gasteiger partial charge is 0.328 e. The molecule has 0 bridgehead atoms. The topological polar surface area (TPSA) is 41.8 Å². The van der Waals surface area contributed by atoms with Gasteiger partial charge >= 0.3 is 0 Å². The molecule has 2 heterocycles. The Balaban J connectivity index is 1.87. The van der Waals surface area contributed by atoms with Gasteiger partial charge in [0, 0.05) is 26.2 Å². The van der Waals surface area contributed by atoms with Crippen molar-refractivity contribution in [3.8, 4) is 0 Å². The minimum absolute atomic E-state index is 0.804. The maximum atomic E-state index is 5.44. The molecule has 2 aromatic heterocycles. The van der Waals surface area contributed by atoms with Crippen LogP contribution in [-0.4, -0.2) is 43.4 Å². The van der Waals surface area contributed by atoms with Gasteiger partial charge in [0.1, 0.15) is 5.52 Å². The Morgan fingerprint density at radius 2 is 2.21 bits per heavy atom. The number of nitrogens with one attached hydrogen (secondary N) is 1. The van der Waals surface area contributed by atoms with E-state index in [0.29, 0.717) is 0 Å². The highest BCUT2D eigenvalue weighted by Gasteiger charge is 2.27. The van der Waals surface area contributed by atoms with Crippen LogP contribution in [0.2, 0.25) is 0 Å². The number of hydrogen-bond acceptors (Lipinski definition) is 3. The summed E-state index contributed by atoms with van der Waals surface area (Å²) in [6.07, 6.45) is 2.71.